The second-order valence-electron chi connectivity index (χ2n) is 6.61. The van der Waals surface area contributed by atoms with E-state index in [9.17, 15) is 18.0 Å². The average molecular weight is 428 g/mol. The smallest absolute Gasteiger partial charge is 0.416 e. The minimum atomic E-state index is -4.37. The Morgan fingerprint density at radius 1 is 0.968 bits per heavy atom. The predicted octanol–water partition coefficient (Wildman–Crippen LogP) is 5.30. The lowest BCUT2D eigenvalue weighted by molar-refractivity contribution is -0.137. The van der Waals surface area contributed by atoms with Crippen LogP contribution in [-0.2, 0) is 17.6 Å². The van der Waals surface area contributed by atoms with Gasteiger partial charge in [0, 0.05) is 23.4 Å². The number of ether oxygens (including phenoxy) is 1. The number of oxime groups is 1. The standard InChI is InChI=1S/C23H19F3N2O3/c1-16(28-31-14-17-7-10-20(11-8-17)23(24,25)26)19-9-12-22(27-13-19)30-15-21(29)18-5-3-2-4-6-18/h2-13H,14-15H2,1H3/b28-16+. The van der Waals surface area contributed by atoms with Gasteiger partial charge in [0.2, 0.25) is 5.88 Å². The first-order valence-corrected chi connectivity index (χ1v) is 9.33. The van der Waals surface area contributed by atoms with Gasteiger partial charge in [-0.2, -0.15) is 13.2 Å². The largest absolute Gasteiger partial charge is 0.469 e. The summed E-state index contributed by atoms with van der Waals surface area (Å²) in [5.41, 5.74) is 1.62. The van der Waals surface area contributed by atoms with Crippen LogP contribution < -0.4 is 4.74 Å². The highest BCUT2D eigenvalue weighted by atomic mass is 19.4. The first kappa shape index (κ1) is 22.0. The Bertz CT molecular complexity index is 1030. The van der Waals surface area contributed by atoms with Crippen molar-refractivity contribution in [3.8, 4) is 5.88 Å². The SMILES string of the molecule is C/C(=N\OCc1ccc(C(F)(F)F)cc1)c1ccc(OCC(=O)c2ccccc2)nc1. The van der Waals surface area contributed by atoms with Gasteiger partial charge in [0.15, 0.2) is 12.4 Å². The molecule has 0 aliphatic carbocycles. The molecule has 0 N–H and O–H groups in total. The first-order chi connectivity index (χ1) is 14.8. The zero-order chi connectivity index (χ0) is 22.3. The fourth-order valence-corrected chi connectivity index (χ4v) is 2.57. The molecule has 3 aromatic rings. The molecule has 0 bridgehead atoms. The average Bonchev–Trinajstić information content (AvgIpc) is 2.78. The predicted molar refractivity (Wildman–Crippen MR) is 109 cm³/mol. The molecule has 0 saturated heterocycles. The summed E-state index contributed by atoms with van der Waals surface area (Å²) in [7, 11) is 0. The molecule has 160 valence electrons. The van der Waals surface area contributed by atoms with E-state index in [1.165, 1.54) is 18.3 Å². The van der Waals surface area contributed by atoms with Crippen LogP contribution in [0, 0.1) is 0 Å². The van der Waals surface area contributed by atoms with Gasteiger partial charge in [-0.25, -0.2) is 4.98 Å². The van der Waals surface area contributed by atoms with Gasteiger partial charge in [-0.1, -0.05) is 47.6 Å². The van der Waals surface area contributed by atoms with Crippen molar-refractivity contribution in [2.75, 3.05) is 6.61 Å². The Hall–Kier alpha value is -3.68. The van der Waals surface area contributed by atoms with E-state index in [1.54, 1.807) is 43.3 Å². The number of halogens is 3. The number of hydrogen-bond donors (Lipinski definition) is 0. The van der Waals surface area contributed by atoms with Crippen molar-refractivity contribution in [2.45, 2.75) is 19.7 Å². The maximum Gasteiger partial charge on any atom is 0.416 e. The van der Waals surface area contributed by atoms with E-state index in [0.29, 0.717) is 28.3 Å². The quantitative estimate of drug-likeness (QED) is 0.277. The molecule has 0 unspecified atom stereocenters. The molecule has 0 aliphatic rings. The molecule has 31 heavy (non-hydrogen) atoms. The number of aromatic nitrogens is 1. The van der Waals surface area contributed by atoms with E-state index in [2.05, 4.69) is 10.1 Å². The zero-order valence-corrected chi connectivity index (χ0v) is 16.6. The molecule has 0 saturated carbocycles. The van der Waals surface area contributed by atoms with E-state index in [4.69, 9.17) is 9.57 Å². The van der Waals surface area contributed by atoms with E-state index < -0.39 is 11.7 Å². The van der Waals surface area contributed by atoms with Crippen LogP contribution in [0.25, 0.3) is 0 Å². The van der Waals surface area contributed by atoms with Gasteiger partial charge in [0.05, 0.1) is 11.3 Å². The first-order valence-electron chi connectivity index (χ1n) is 9.33. The molecule has 2 aromatic carbocycles. The van der Waals surface area contributed by atoms with E-state index in [1.807, 2.05) is 6.07 Å². The summed E-state index contributed by atoms with van der Waals surface area (Å²) in [5, 5.41) is 3.96. The van der Waals surface area contributed by atoms with Gasteiger partial charge < -0.3 is 9.57 Å². The minimum Gasteiger partial charge on any atom is -0.469 e. The highest BCUT2D eigenvalue weighted by molar-refractivity contribution is 5.98. The molecule has 0 atom stereocenters. The van der Waals surface area contributed by atoms with Crippen LogP contribution in [-0.4, -0.2) is 23.1 Å². The molecule has 0 radical (unpaired) electrons. The van der Waals surface area contributed by atoms with Crippen LogP contribution in [0.5, 0.6) is 5.88 Å². The van der Waals surface area contributed by atoms with Crippen molar-refractivity contribution in [1.82, 2.24) is 4.98 Å². The van der Waals surface area contributed by atoms with Crippen molar-refractivity contribution < 1.29 is 27.5 Å². The summed E-state index contributed by atoms with van der Waals surface area (Å²) in [6.45, 7) is 1.62. The van der Waals surface area contributed by atoms with E-state index in [0.717, 1.165) is 12.1 Å². The lowest BCUT2D eigenvalue weighted by Crippen LogP contribution is -2.12. The Balaban J connectivity index is 1.50. The normalized spacial score (nSPS) is 11.8. The number of nitrogens with zero attached hydrogens (tertiary/aromatic N) is 2. The summed E-state index contributed by atoms with van der Waals surface area (Å²) in [4.78, 5) is 21.4. The summed E-state index contributed by atoms with van der Waals surface area (Å²) in [5.74, 6) is 0.146. The van der Waals surface area contributed by atoms with Gasteiger partial charge in [0.25, 0.3) is 0 Å². The Morgan fingerprint density at radius 2 is 1.68 bits per heavy atom. The third-order valence-electron chi connectivity index (χ3n) is 4.31. The van der Waals surface area contributed by atoms with Crippen molar-refractivity contribution in [1.29, 1.82) is 0 Å². The van der Waals surface area contributed by atoms with Crippen LogP contribution in [0.4, 0.5) is 13.2 Å². The van der Waals surface area contributed by atoms with Gasteiger partial charge in [-0.15, -0.1) is 0 Å². The third-order valence-corrected chi connectivity index (χ3v) is 4.31. The number of Topliss-reactive ketones (excluding diaryl/α,β-unsaturated/α-hetero) is 1. The molecular weight excluding hydrogens is 409 g/mol. The number of pyridine rings is 1. The number of carbonyl (C=O) groups excluding carboxylic acids is 1. The Labute approximate surface area is 177 Å². The lowest BCUT2D eigenvalue weighted by Gasteiger charge is -2.08. The third kappa shape index (κ3) is 6.40. The number of carbonyl (C=O) groups is 1. The van der Waals surface area contributed by atoms with Gasteiger partial charge in [-0.05, 0) is 30.7 Å². The van der Waals surface area contributed by atoms with E-state index >= 15 is 0 Å². The molecule has 0 spiro atoms. The number of alkyl halides is 3. The maximum atomic E-state index is 12.6. The fraction of sp³-hybridized carbons (Fsp3) is 0.174. The number of benzene rings is 2. The van der Waals surface area contributed by atoms with Crippen LogP contribution in [0.15, 0.2) is 78.1 Å². The highest BCUT2D eigenvalue weighted by Crippen LogP contribution is 2.29. The van der Waals surface area contributed by atoms with Crippen LogP contribution >= 0.6 is 0 Å². The Kier molecular flexibility index (Phi) is 7.02. The summed E-state index contributed by atoms with van der Waals surface area (Å²) < 4.78 is 43.1. The summed E-state index contributed by atoms with van der Waals surface area (Å²) in [6.07, 6.45) is -2.84. The zero-order valence-electron chi connectivity index (χ0n) is 16.6. The Morgan fingerprint density at radius 3 is 2.29 bits per heavy atom. The number of hydrogen-bond acceptors (Lipinski definition) is 5. The van der Waals surface area contributed by atoms with Gasteiger partial charge in [0.1, 0.15) is 6.61 Å². The van der Waals surface area contributed by atoms with Crippen molar-refractivity contribution in [3.05, 3.63) is 95.2 Å². The van der Waals surface area contributed by atoms with Crippen molar-refractivity contribution in [3.63, 3.8) is 0 Å². The highest BCUT2D eigenvalue weighted by Gasteiger charge is 2.29. The van der Waals surface area contributed by atoms with Gasteiger partial charge in [-0.3, -0.25) is 4.79 Å². The van der Waals surface area contributed by atoms with Crippen molar-refractivity contribution in [2.24, 2.45) is 5.16 Å². The fourth-order valence-electron chi connectivity index (χ4n) is 2.57. The number of rotatable bonds is 8. The van der Waals surface area contributed by atoms with Crippen LogP contribution in [0.1, 0.15) is 34.0 Å². The topological polar surface area (TPSA) is 60.8 Å². The minimum absolute atomic E-state index is 0.0334. The molecule has 0 amide bonds. The van der Waals surface area contributed by atoms with Crippen LogP contribution in [0.2, 0.25) is 0 Å². The molecule has 1 heterocycles. The molecule has 3 rings (SSSR count). The molecule has 1 aromatic heterocycles. The van der Waals surface area contributed by atoms with Crippen molar-refractivity contribution >= 4 is 11.5 Å². The molecular formula is C23H19F3N2O3. The van der Waals surface area contributed by atoms with E-state index in [-0.39, 0.29) is 19.0 Å². The van der Waals surface area contributed by atoms with Crippen LogP contribution in [0.3, 0.4) is 0 Å². The summed E-state index contributed by atoms with van der Waals surface area (Å²) >= 11 is 0. The van der Waals surface area contributed by atoms with Gasteiger partial charge >= 0.3 is 6.18 Å². The number of ketones is 1. The lowest BCUT2D eigenvalue weighted by atomic mass is 10.1. The molecule has 5 nitrogen and oxygen atoms in total. The monoisotopic (exact) mass is 428 g/mol. The second-order valence-corrected chi connectivity index (χ2v) is 6.61. The summed E-state index contributed by atoms with van der Waals surface area (Å²) in [6, 6.07) is 16.8. The molecule has 0 fully saturated rings. The molecule has 8 heteroatoms. The molecule has 0 aliphatic heterocycles. The second kappa shape index (κ2) is 9.88. The maximum absolute atomic E-state index is 12.6.